The van der Waals surface area contributed by atoms with Gasteiger partial charge in [-0.15, -0.1) is 0 Å². The summed E-state index contributed by atoms with van der Waals surface area (Å²) in [5, 5.41) is 12.5. The Morgan fingerprint density at radius 1 is 1.60 bits per heavy atom. The fraction of sp³-hybridized carbons (Fsp3) is 0.636. The van der Waals surface area contributed by atoms with E-state index in [4.69, 9.17) is 9.78 Å². The number of aromatic nitrogens is 1. The Kier molecular flexibility index (Phi) is 3.02. The molecule has 1 aromatic heterocycles. The van der Waals surface area contributed by atoms with Crippen LogP contribution >= 0.6 is 0 Å². The predicted molar refractivity (Wildman–Crippen MR) is 54.9 cm³/mol. The van der Waals surface area contributed by atoms with Gasteiger partial charge in [0, 0.05) is 18.0 Å². The molecule has 1 saturated heterocycles. The molecular weight excluding hydrogens is 190 g/mol. The van der Waals surface area contributed by atoms with E-state index in [0.717, 1.165) is 43.8 Å². The maximum absolute atomic E-state index is 8.78. The van der Waals surface area contributed by atoms with Crippen molar-refractivity contribution in [2.75, 3.05) is 13.1 Å². The van der Waals surface area contributed by atoms with Gasteiger partial charge in [0.15, 0.2) is 0 Å². The Bertz CT molecular complexity index is 358. The summed E-state index contributed by atoms with van der Waals surface area (Å²) in [6, 6.07) is 2.34. The lowest BCUT2D eigenvalue weighted by molar-refractivity contribution is 0.197. The molecule has 15 heavy (non-hydrogen) atoms. The lowest BCUT2D eigenvalue weighted by Crippen LogP contribution is -2.32. The minimum atomic E-state index is 0.254. The van der Waals surface area contributed by atoms with E-state index in [0.29, 0.717) is 0 Å². The molecule has 1 fully saturated rings. The highest BCUT2D eigenvalue weighted by Gasteiger charge is 2.19. The highest BCUT2D eigenvalue weighted by atomic mass is 16.5. The summed E-state index contributed by atoms with van der Waals surface area (Å²) in [5.74, 6) is 1.15. The van der Waals surface area contributed by atoms with E-state index in [9.17, 15) is 0 Å². The number of hydrogen-bond donors (Lipinski definition) is 0. The van der Waals surface area contributed by atoms with Gasteiger partial charge in [0.25, 0.3) is 0 Å². The summed E-state index contributed by atoms with van der Waals surface area (Å²) < 4.78 is 5.02. The van der Waals surface area contributed by atoms with Gasteiger partial charge in [-0.2, -0.15) is 5.26 Å². The van der Waals surface area contributed by atoms with Crippen molar-refractivity contribution in [3.8, 4) is 6.07 Å². The van der Waals surface area contributed by atoms with Crippen LogP contribution in [0.1, 0.15) is 24.2 Å². The van der Waals surface area contributed by atoms with Crippen LogP contribution in [0.4, 0.5) is 0 Å². The average molecular weight is 205 g/mol. The van der Waals surface area contributed by atoms with Gasteiger partial charge in [-0.3, -0.25) is 4.90 Å². The number of aryl methyl sites for hydroxylation is 1. The SMILES string of the molecule is Cc1oncc1CN1CCC(C#N)CC1. The molecule has 0 aliphatic carbocycles. The smallest absolute Gasteiger partial charge is 0.138 e. The van der Waals surface area contributed by atoms with Crippen LogP contribution in [0.3, 0.4) is 0 Å². The quantitative estimate of drug-likeness (QED) is 0.737. The molecule has 0 bridgehead atoms. The molecule has 0 aromatic carbocycles. The maximum atomic E-state index is 8.78. The Balaban J connectivity index is 1.88. The third-order valence-corrected chi connectivity index (χ3v) is 3.01. The van der Waals surface area contributed by atoms with Gasteiger partial charge in [0.05, 0.1) is 12.3 Å². The van der Waals surface area contributed by atoms with Crippen LogP contribution < -0.4 is 0 Å². The van der Waals surface area contributed by atoms with E-state index in [1.807, 2.05) is 6.92 Å². The first-order valence-electron chi connectivity index (χ1n) is 5.31. The lowest BCUT2D eigenvalue weighted by Gasteiger charge is -2.28. The van der Waals surface area contributed by atoms with Gasteiger partial charge >= 0.3 is 0 Å². The number of hydrogen-bond acceptors (Lipinski definition) is 4. The Morgan fingerprint density at radius 3 is 2.87 bits per heavy atom. The highest BCUT2D eigenvalue weighted by Crippen LogP contribution is 2.19. The fourth-order valence-electron chi connectivity index (χ4n) is 1.93. The van der Waals surface area contributed by atoms with Crippen LogP contribution in [0.25, 0.3) is 0 Å². The van der Waals surface area contributed by atoms with Crippen molar-refractivity contribution in [1.82, 2.24) is 10.1 Å². The van der Waals surface area contributed by atoms with Crippen LogP contribution in [0.2, 0.25) is 0 Å². The molecule has 0 spiro atoms. The van der Waals surface area contributed by atoms with E-state index < -0.39 is 0 Å². The molecule has 4 heteroatoms. The van der Waals surface area contributed by atoms with Crippen molar-refractivity contribution in [2.24, 2.45) is 5.92 Å². The standard InChI is InChI=1S/C11H15N3O/c1-9-11(7-13-15-9)8-14-4-2-10(6-12)3-5-14/h7,10H,2-5,8H2,1H3. The summed E-state index contributed by atoms with van der Waals surface area (Å²) in [5.41, 5.74) is 1.16. The molecule has 2 rings (SSSR count). The van der Waals surface area contributed by atoms with E-state index in [1.54, 1.807) is 6.20 Å². The molecule has 0 N–H and O–H groups in total. The monoisotopic (exact) mass is 205 g/mol. The van der Waals surface area contributed by atoms with Crippen molar-refractivity contribution in [1.29, 1.82) is 5.26 Å². The second-order valence-corrected chi connectivity index (χ2v) is 4.09. The van der Waals surface area contributed by atoms with Gasteiger partial charge in [-0.1, -0.05) is 5.16 Å². The van der Waals surface area contributed by atoms with Crippen LogP contribution in [0, 0.1) is 24.2 Å². The number of rotatable bonds is 2. The van der Waals surface area contributed by atoms with Gasteiger partial charge in [-0.25, -0.2) is 0 Å². The van der Waals surface area contributed by atoms with Gasteiger partial charge in [-0.05, 0) is 32.9 Å². The normalized spacial score (nSPS) is 18.9. The molecule has 0 saturated carbocycles. The molecule has 1 aliphatic heterocycles. The van der Waals surface area contributed by atoms with Crippen LogP contribution in [-0.2, 0) is 6.54 Å². The Labute approximate surface area is 89.5 Å². The summed E-state index contributed by atoms with van der Waals surface area (Å²) in [4.78, 5) is 2.35. The van der Waals surface area contributed by atoms with Crippen molar-refractivity contribution < 1.29 is 4.52 Å². The van der Waals surface area contributed by atoms with E-state index in [-0.39, 0.29) is 5.92 Å². The summed E-state index contributed by atoms with van der Waals surface area (Å²) in [6.07, 6.45) is 3.76. The second-order valence-electron chi connectivity index (χ2n) is 4.09. The molecule has 80 valence electrons. The van der Waals surface area contributed by atoms with E-state index in [1.165, 1.54) is 0 Å². The van der Waals surface area contributed by atoms with Gasteiger partial charge in [0.2, 0.25) is 0 Å². The topological polar surface area (TPSA) is 53.1 Å². The number of nitrogens with zero attached hydrogens (tertiary/aromatic N) is 3. The summed E-state index contributed by atoms with van der Waals surface area (Å²) in [7, 11) is 0. The molecule has 0 amide bonds. The fourth-order valence-corrected chi connectivity index (χ4v) is 1.93. The van der Waals surface area contributed by atoms with Crippen molar-refractivity contribution in [3.63, 3.8) is 0 Å². The van der Waals surface area contributed by atoms with Crippen LogP contribution in [-0.4, -0.2) is 23.1 Å². The average Bonchev–Trinajstić information content (AvgIpc) is 2.66. The summed E-state index contributed by atoms with van der Waals surface area (Å²) in [6.45, 7) is 4.84. The zero-order chi connectivity index (χ0) is 10.7. The first-order valence-corrected chi connectivity index (χ1v) is 5.31. The molecule has 4 nitrogen and oxygen atoms in total. The lowest BCUT2D eigenvalue weighted by atomic mass is 9.98. The Morgan fingerprint density at radius 2 is 2.33 bits per heavy atom. The molecule has 0 atom stereocenters. The van der Waals surface area contributed by atoms with Crippen LogP contribution in [0.5, 0.6) is 0 Å². The molecule has 0 radical (unpaired) electrons. The minimum Gasteiger partial charge on any atom is -0.361 e. The second kappa shape index (κ2) is 4.45. The zero-order valence-corrected chi connectivity index (χ0v) is 8.94. The third-order valence-electron chi connectivity index (χ3n) is 3.01. The van der Waals surface area contributed by atoms with E-state index >= 15 is 0 Å². The zero-order valence-electron chi connectivity index (χ0n) is 8.94. The maximum Gasteiger partial charge on any atom is 0.138 e. The van der Waals surface area contributed by atoms with Gasteiger partial charge < -0.3 is 4.52 Å². The molecule has 2 heterocycles. The van der Waals surface area contributed by atoms with Crippen molar-refractivity contribution in [3.05, 3.63) is 17.5 Å². The van der Waals surface area contributed by atoms with Crippen molar-refractivity contribution in [2.45, 2.75) is 26.3 Å². The van der Waals surface area contributed by atoms with Crippen LogP contribution in [0.15, 0.2) is 10.7 Å². The number of piperidine rings is 1. The molecule has 1 aliphatic rings. The number of likely N-dealkylation sites (tertiary alicyclic amines) is 1. The van der Waals surface area contributed by atoms with Gasteiger partial charge in [0.1, 0.15) is 5.76 Å². The molecule has 0 unspecified atom stereocenters. The van der Waals surface area contributed by atoms with E-state index in [2.05, 4.69) is 16.1 Å². The highest BCUT2D eigenvalue weighted by molar-refractivity contribution is 5.11. The molecular formula is C11H15N3O. The van der Waals surface area contributed by atoms with Crippen molar-refractivity contribution >= 4 is 0 Å². The first kappa shape index (κ1) is 10.2. The number of nitriles is 1. The predicted octanol–water partition coefficient (Wildman–Crippen LogP) is 1.72. The first-order chi connectivity index (χ1) is 7.29. The third kappa shape index (κ3) is 2.37. The Hall–Kier alpha value is -1.34. The molecule has 1 aromatic rings. The summed E-state index contributed by atoms with van der Waals surface area (Å²) >= 11 is 0. The minimum absolute atomic E-state index is 0.254. The largest absolute Gasteiger partial charge is 0.361 e.